The van der Waals surface area contributed by atoms with Gasteiger partial charge in [0.1, 0.15) is 0 Å². The summed E-state index contributed by atoms with van der Waals surface area (Å²) in [5.74, 6) is 0.291. The standard InChI is InChI=1S/C19H19Cl2Si.2ClH.Hf/c1-13-10-16-8-5-9-17(22(11-20)12-21)14(2)19(16)18(13)15-6-3-4-7-15;;;/h3-6,8-9,14H,7,11-12H2,1-2H3;2*1H;/q;;;+2/p-2. The van der Waals surface area contributed by atoms with Gasteiger partial charge in [0.05, 0.1) is 0 Å². The van der Waals surface area contributed by atoms with Crippen LogP contribution in [0.3, 0.4) is 0 Å². The molecule has 0 saturated heterocycles. The van der Waals surface area contributed by atoms with E-state index >= 15 is 0 Å². The molecule has 0 radical (unpaired) electrons. The number of rotatable bonds is 4. The van der Waals surface area contributed by atoms with E-state index in [1.807, 2.05) is 0 Å². The third-order valence-corrected chi connectivity index (χ3v) is 15.8. The molecule has 0 nitrogen and oxygen atoms in total. The number of hydrogen-bond donors (Lipinski definition) is 0. The molecule has 0 bridgehead atoms. The van der Waals surface area contributed by atoms with E-state index in [2.05, 4.69) is 50.3 Å². The Morgan fingerprint density at radius 2 is 1.88 bits per heavy atom. The van der Waals surface area contributed by atoms with Gasteiger partial charge in [0.15, 0.2) is 0 Å². The summed E-state index contributed by atoms with van der Waals surface area (Å²) < 4.78 is 1.24. The fourth-order valence-corrected chi connectivity index (χ4v) is 14.1. The van der Waals surface area contributed by atoms with Crippen molar-refractivity contribution in [1.82, 2.24) is 0 Å². The molecule has 3 aliphatic carbocycles. The van der Waals surface area contributed by atoms with Crippen LogP contribution in [0.5, 0.6) is 0 Å². The molecule has 3 rings (SSSR count). The first kappa shape index (κ1) is 20.3. The molecule has 0 N–H and O–H groups in total. The molecule has 0 aromatic heterocycles. The van der Waals surface area contributed by atoms with Crippen molar-refractivity contribution >= 4 is 53.9 Å². The van der Waals surface area contributed by atoms with Crippen LogP contribution in [0.15, 0.2) is 67.7 Å². The zero-order valence-corrected chi connectivity index (χ0v) is 21.8. The second-order valence-corrected chi connectivity index (χ2v) is 21.7. The summed E-state index contributed by atoms with van der Waals surface area (Å²) in [4.78, 5) is 0. The van der Waals surface area contributed by atoms with E-state index in [4.69, 9.17) is 40.4 Å². The average molecular weight is 596 g/mol. The van der Waals surface area contributed by atoms with Crippen LogP contribution in [0.25, 0.3) is 0 Å². The molecule has 0 spiro atoms. The Morgan fingerprint density at radius 3 is 2.44 bits per heavy atom. The maximum absolute atomic E-state index is 6.58. The van der Waals surface area contributed by atoms with Crippen molar-refractivity contribution < 1.29 is 19.1 Å². The quantitative estimate of drug-likeness (QED) is 0.264. The molecule has 0 heterocycles. The predicted molar refractivity (Wildman–Crippen MR) is 112 cm³/mol. The van der Waals surface area contributed by atoms with E-state index in [1.165, 1.54) is 36.4 Å². The van der Waals surface area contributed by atoms with Crippen LogP contribution in [0.4, 0.5) is 0 Å². The van der Waals surface area contributed by atoms with Gasteiger partial charge >= 0.3 is 178 Å². The summed E-state index contributed by atoms with van der Waals surface area (Å²) >= 11 is 9.73. The van der Waals surface area contributed by atoms with Crippen molar-refractivity contribution in [3.8, 4) is 0 Å². The molecule has 0 fully saturated rings. The van der Waals surface area contributed by atoms with E-state index in [1.54, 1.807) is 0 Å². The van der Waals surface area contributed by atoms with Gasteiger partial charge in [0.2, 0.25) is 0 Å². The van der Waals surface area contributed by atoms with Crippen LogP contribution in [0.2, 0.25) is 0 Å². The van der Waals surface area contributed by atoms with Gasteiger partial charge < -0.3 is 0 Å². The number of halogens is 4. The summed E-state index contributed by atoms with van der Waals surface area (Å²) in [5, 5.41) is 1.39. The third-order valence-electron chi connectivity index (χ3n) is 5.03. The second kappa shape index (κ2) is 8.71. The van der Waals surface area contributed by atoms with Gasteiger partial charge in [0.25, 0.3) is 0 Å². The van der Waals surface area contributed by atoms with Crippen LogP contribution in [-0.2, 0) is 19.1 Å². The van der Waals surface area contributed by atoms with Crippen LogP contribution in [0, 0.1) is 5.92 Å². The van der Waals surface area contributed by atoms with Gasteiger partial charge in [-0.1, -0.05) is 0 Å². The number of fused-ring (bicyclic) bond motifs is 1. The Kier molecular flexibility index (Phi) is 7.07. The van der Waals surface area contributed by atoms with Crippen LogP contribution in [0.1, 0.15) is 20.3 Å². The predicted octanol–water partition coefficient (Wildman–Crippen LogP) is 6.32. The van der Waals surface area contributed by atoms with E-state index in [-0.39, 0.29) is 0 Å². The first-order chi connectivity index (χ1) is 12.0. The van der Waals surface area contributed by atoms with Gasteiger partial charge in [-0.05, 0) is 0 Å². The van der Waals surface area contributed by atoms with E-state index in [9.17, 15) is 0 Å². The Hall–Kier alpha value is 0.557. The van der Waals surface area contributed by atoms with Crippen molar-refractivity contribution in [1.29, 1.82) is 0 Å². The SMILES string of the molecule is CC1=[C]([Hf]([Cl])[Cl])C2=CC=CC(=[Si](CCl)CCl)C(C)C2=C1C1=CC=CC1. The fraction of sp³-hybridized carbons (Fsp3) is 0.316. The molecule has 131 valence electrons. The molecule has 0 aliphatic heterocycles. The molecular weight excluding hydrogens is 577 g/mol. The van der Waals surface area contributed by atoms with E-state index in [0.717, 1.165) is 6.42 Å². The molecule has 0 aromatic carbocycles. The van der Waals surface area contributed by atoms with E-state index in [0.29, 0.717) is 16.9 Å². The Bertz CT molecular complexity index is 803. The van der Waals surface area contributed by atoms with Crippen molar-refractivity contribution in [2.45, 2.75) is 20.3 Å². The van der Waals surface area contributed by atoms with Crippen LogP contribution in [-0.4, -0.2) is 24.6 Å². The van der Waals surface area contributed by atoms with Crippen molar-refractivity contribution in [2.75, 3.05) is 11.0 Å². The monoisotopic (exact) mass is 595 g/mol. The van der Waals surface area contributed by atoms with E-state index < -0.39 is 27.5 Å². The molecule has 0 aromatic rings. The summed E-state index contributed by atoms with van der Waals surface area (Å²) in [7, 11) is 12.2. The molecule has 6 heteroatoms. The first-order valence-corrected chi connectivity index (χ1v) is 21.9. The van der Waals surface area contributed by atoms with Gasteiger partial charge in [0, 0.05) is 0 Å². The topological polar surface area (TPSA) is 0 Å². The normalized spacial score (nSPS) is 22.3. The fourth-order valence-electron chi connectivity index (χ4n) is 3.87. The number of hydrogen-bond acceptors (Lipinski definition) is 0. The zero-order valence-electron chi connectivity index (χ0n) is 14.2. The first-order valence-electron chi connectivity index (χ1n) is 8.24. The van der Waals surface area contributed by atoms with Crippen LogP contribution >= 0.6 is 40.4 Å². The molecule has 25 heavy (non-hydrogen) atoms. The van der Waals surface area contributed by atoms with Gasteiger partial charge in [-0.3, -0.25) is 0 Å². The van der Waals surface area contributed by atoms with Gasteiger partial charge in [-0.2, -0.15) is 0 Å². The van der Waals surface area contributed by atoms with Crippen molar-refractivity contribution in [3.05, 3.63) is 67.7 Å². The van der Waals surface area contributed by atoms with Crippen molar-refractivity contribution in [2.24, 2.45) is 5.92 Å². The molecule has 1 atom stereocenters. The number of allylic oxidation sites excluding steroid dienone is 12. The Labute approximate surface area is 176 Å². The number of alkyl halides is 2. The van der Waals surface area contributed by atoms with Crippen molar-refractivity contribution in [3.63, 3.8) is 0 Å². The summed E-state index contributed by atoms with van der Waals surface area (Å²) in [5.41, 5.74) is 7.91. The summed E-state index contributed by atoms with van der Waals surface area (Å²) in [6.45, 7) is 4.47. The molecule has 3 aliphatic rings. The zero-order chi connectivity index (χ0) is 18.1. The van der Waals surface area contributed by atoms with Gasteiger partial charge in [-0.15, -0.1) is 0 Å². The van der Waals surface area contributed by atoms with Gasteiger partial charge in [-0.25, -0.2) is 0 Å². The maximum atomic E-state index is 6.58. The Morgan fingerprint density at radius 1 is 1.16 bits per heavy atom. The molecule has 0 saturated carbocycles. The minimum atomic E-state index is -2.75. The third kappa shape index (κ3) is 3.77. The molecular formula is C19H19Cl4HfSi. The Balaban J connectivity index is 2.23. The average Bonchev–Trinajstić information content (AvgIpc) is 3.15. The minimum absolute atomic E-state index is 0.291. The summed E-state index contributed by atoms with van der Waals surface area (Å²) in [6.07, 6.45) is 14.1. The van der Waals surface area contributed by atoms with Crippen LogP contribution < -0.4 is 0 Å². The molecule has 1 unspecified atom stereocenters. The second-order valence-electron chi connectivity index (χ2n) is 6.36. The molecule has 0 amide bonds. The summed E-state index contributed by atoms with van der Waals surface area (Å²) in [6, 6.07) is 0.